The Morgan fingerprint density at radius 2 is 1.89 bits per heavy atom. The first-order chi connectivity index (χ1) is 18.3. The number of nitrogens with one attached hydrogen (secondary N) is 2. The van der Waals surface area contributed by atoms with Crippen LogP contribution in [-0.4, -0.2) is 52.6 Å². The van der Waals surface area contributed by atoms with E-state index in [4.69, 9.17) is 4.74 Å². The lowest BCUT2D eigenvalue weighted by Gasteiger charge is -2.29. The predicted molar refractivity (Wildman–Crippen MR) is 149 cm³/mol. The van der Waals surface area contributed by atoms with Gasteiger partial charge in [0.2, 0.25) is 0 Å². The zero-order valence-corrected chi connectivity index (χ0v) is 22.5. The van der Waals surface area contributed by atoms with Gasteiger partial charge in [-0.15, -0.1) is 0 Å². The summed E-state index contributed by atoms with van der Waals surface area (Å²) in [5.41, 5.74) is 2.13. The number of nitrogens with zero attached hydrogens (tertiary/aromatic N) is 3. The molecule has 0 radical (unpaired) electrons. The molecule has 2 N–H and O–H groups in total. The fraction of sp³-hybridized carbons (Fsp3) is 0.433. The van der Waals surface area contributed by atoms with Gasteiger partial charge in [-0.2, -0.15) is 0 Å². The van der Waals surface area contributed by atoms with Crippen LogP contribution in [0.25, 0.3) is 5.69 Å². The van der Waals surface area contributed by atoms with Crippen LogP contribution >= 0.6 is 0 Å². The van der Waals surface area contributed by atoms with Crippen LogP contribution in [-0.2, 0) is 5.54 Å². The largest absolute Gasteiger partial charge is 0.492 e. The van der Waals surface area contributed by atoms with Gasteiger partial charge in [0, 0.05) is 36.1 Å². The molecule has 1 aromatic heterocycles. The number of rotatable bonds is 10. The number of hydrogen-bond donors (Lipinski definition) is 2. The molecule has 200 valence electrons. The minimum absolute atomic E-state index is 0.114. The van der Waals surface area contributed by atoms with Crippen LogP contribution in [0.15, 0.2) is 59.7 Å². The van der Waals surface area contributed by atoms with Crippen molar-refractivity contribution in [1.82, 2.24) is 19.8 Å². The number of benzene rings is 2. The topological polar surface area (TPSA) is 88.5 Å². The van der Waals surface area contributed by atoms with E-state index in [1.165, 1.54) is 12.8 Å². The summed E-state index contributed by atoms with van der Waals surface area (Å²) in [5.74, 6) is 0.916. The minimum Gasteiger partial charge on any atom is -0.492 e. The van der Waals surface area contributed by atoms with Crippen LogP contribution in [0, 0.1) is 6.92 Å². The van der Waals surface area contributed by atoms with Gasteiger partial charge in [-0.25, -0.2) is 4.98 Å². The van der Waals surface area contributed by atoms with Crippen molar-refractivity contribution in [3.63, 3.8) is 0 Å². The van der Waals surface area contributed by atoms with Gasteiger partial charge in [-0.1, -0.05) is 24.3 Å². The molecule has 8 heteroatoms. The van der Waals surface area contributed by atoms with E-state index < -0.39 is 5.54 Å². The molecule has 5 rings (SSSR count). The molecule has 0 unspecified atom stereocenters. The second kappa shape index (κ2) is 11.0. The van der Waals surface area contributed by atoms with Crippen molar-refractivity contribution in [2.75, 3.05) is 31.6 Å². The van der Waals surface area contributed by atoms with Crippen LogP contribution in [0.2, 0.25) is 0 Å². The highest BCUT2D eigenvalue weighted by atomic mass is 16.5. The van der Waals surface area contributed by atoms with Crippen molar-refractivity contribution in [2.45, 2.75) is 58.0 Å². The van der Waals surface area contributed by atoms with Crippen molar-refractivity contribution < 1.29 is 9.53 Å². The van der Waals surface area contributed by atoms with E-state index >= 15 is 0 Å². The van der Waals surface area contributed by atoms with E-state index in [9.17, 15) is 9.59 Å². The van der Waals surface area contributed by atoms with Crippen LogP contribution in [0.5, 0.6) is 5.75 Å². The molecule has 2 heterocycles. The highest BCUT2D eigenvalue weighted by Crippen LogP contribution is 2.32. The number of carbonyl (C=O) groups is 1. The third kappa shape index (κ3) is 5.91. The van der Waals surface area contributed by atoms with E-state index in [0.717, 1.165) is 49.4 Å². The number of ether oxygens (including phenoxy) is 1. The Bertz CT molecular complexity index is 1360. The maximum atomic E-state index is 13.6. The van der Waals surface area contributed by atoms with Crippen LogP contribution in [0.4, 0.5) is 5.82 Å². The van der Waals surface area contributed by atoms with E-state index in [1.807, 2.05) is 51.1 Å². The Labute approximate surface area is 224 Å². The summed E-state index contributed by atoms with van der Waals surface area (Å²) in [6, 6.07) is 13.6. The molecular weight excluding hydrogens is 478 g/mol. The number of anilines is 1. The predicted octanol–water partition coefficient (Wildman–Crippen LogP) is 4.25. The number of aryl methyl sites for hydroxylation is 1. The van der Waals surface area contributed by atoms with Crippen LogP contribution < -0.4 is 20.9 Å². The molecule has 0 spiro atoms. The number of para-hydroxylation sites is 1. The Morgan fingerprint density at radius 3 is 2.66 bits per heavy atom. The molecule has 1 aliphatic heterocycles. The lowest BCUT2D eigenvalue weighted by molar-refractivity contribution is 0.0951. The maximum absolute atomic E-state index is 13.6. The van der Waals surface area contributed by atoms with E-state index in [-0.39, 0.29) is 23.3 Å². The highest BCUT2D eigenvalue weighted by molar-refractivity contribution is 5.95. The SMILES string of the molecule is Cc1ccc(C(=O)NC2CC2)cc1-n1ccnc(NC(C)(C)c2ccccc2OCCN2CCCC2)c1=O. The average molecular weight is 516 g/mol. The normalized spacial score (nSPS) is 15.9. The van der Waals surface area contributed by atoms with Gasteiger partial charge in [-0.3, -0.25) is 19.1 Å². The molecule has 1 amide bonds. The minimum atomic E-state index is -0.628. The zero-order chi connectivity index (χ0) is 26.7. The summed E-state index contributed by atoms with van der Waals surface area (Å²) in [5, 5.41) is 6.38. The Balaban J connectivity index is 1.37. The van der Waals surface area contributed by atoms with Crippen molar-refractivity contribution in [3.05, 3.63) is 81.9 Å². The van der Waals surface area contributed by atoms with Gasteiger partial charge in [0.05, 0.1) is 11.2 Å². The van der Waals surface area contributed by atoms with E-state index in [1.54, 1.807) is 29.1 Å². The second-order valence-electron chi connectivity index (χ2n) is 10.8. The van der Waals surface area contributed by atoms with Crippen molar-refractivity contribution in [2.24, 2.45) is 0 Å². The number of hydrogen-bond acceptors (Lipinski definition) is 6. The third-order valence-electron chi connectivity index (χ3n) is 7.34. The second-order valence-corrected chi connectivity index (χ2v) is 10.8. The highest BCUT2D eigenvalue weighted by Gasteiger charge is 2.27. The molecule has 1 aliphatic carbocycles. The first-order valence-electron chi connectivity index (χ1n) is 13.5. The summed E-state index contributed by atoms with van der Waals surface area (Å²) >= 11 is 0. The summed E-state index contributed by atoms with van der Waals surface area (Å²) in [4.78, 5) is 33.0. The smallest absolute Gasteiger partial charge is 0.297 e. The summed E-state index contributed by atoms with van der Waals surface area (Å²) < 4.78 is 7.75. The van der Waals surface area contributed by atoms with Gasteiger partial charge >= 0.3 is 0 Å². The molecule has 2 aliphatic rings. The molecular formula is C30H37N5O3. The lowest BCUT2D eigenvalue weighted by Crippen LogP contribution is -2.34. The lowest BCUT2D eigenvalue weighted by atomic mass is 9.93. The first kappa shape index (κ1) is 26.0. The fourth-order valence-electron chi connectivity index (χ4n) is 4.96. The number of likely N-dealkylation sites (tertiary alicyclic amines) is 1. The van der Waals surface area contributed by atoms with Gasteiger partial charge < -0.3 is 15.4 Å². The standard InChI is InChI=1S/C30H37N5O3/c1-21-10-11-22(28(36)32-23-12-13-23)20-25(21)35-17-14-31-27(29(35)37)33-30(2,3)24-8-4-5-9-26(24)38-19-18-34-15-6-7-16-34/h4-5,8-11,14,17,20,23H,6-7,12-13,15-16,18-19H2,1-3H3,(H,31,33)(H,32,36). The molecule has 1 saturated heterocycles. The molecule has 0 bridgehead atoms. The third-order valence-corrected chi connectivity index (χ3v) is 7.34. The maximum Gasteiger partial charge on any atom is 0.297 e. The van der Waals surface area contributed by atoms with E-state index in [0.29, 0.717) is 17.9 Å². The number of amides is 1. The molecule has 2 aromatic carbocycles. The molecule has 3 aromatic rings. The molecule has 38 heavy (non-hydrogen) atoms. The monoisotopic (exact) mass is 515 g/mol. The Kier molecular flexibility index (Phi) is 7.51. The van der Waals surface area contributed by atoms with E-state index in [2.05, 4.69) is 20.5 Å². The quantitative estimate of drug-likeness (QED) is 0.420. The van der Waals surface area contributed by atoms with Gasteiger partial charge in [0.1, 0.15) is 12.4 Å². The Hall–Kier alpha value is -3.65. The molecule has 8 nitrogen and oxygen atoms in total. The molecule has 0 atom stereocenters. The first-order valence-corrected chi connectivity index (χ1v) is 13.5. The zero-order valence-electron chi connectivity index (χ0n) is 22.5. The van der Waals surface area contributed by atoms with Gasteiger partial charge in [0.25, 0.3) is 11.5 Å². The van der Waals surface area contributed by atoms with Crippen molar-refractivity contribution >= 4 is 11.7 Å². The average Bonchev–Trinajstić information content (AvgIpc) is 3.56. The fourth-order valence-corrected chi connectivity index (χ4v) is 4.96. The van der Waals surface area contributed by atoms with Crippen molar-refractivity contribution in [1.29, 1.82) is 0 Å². The van der Waals surface area contributed by atoms with Crippen LogP contribution in [0.3, 0.4) is 0 Å². The van der Waals surface area contributed by atoms with Crippen molar-refractivity contribution in [3.8, 4) is 11.4 Å². The summed E-state index contributed by atoms with van der Waals surface area (Å²) in [7, 11) is 0. The summed E-state index contributed by atoms with van der Waals surface area (Å²) in [6.07, 6.45) is 7.80. The molecule has 1 saturated carbocycles. The van der Waals surface area contributed by atoms with Gasteiger partial charge in [-0.05, 0) is 83.3 Å². The molecule has 2 fully saturated rings. The Morgan fingerprint density at radius 1 is 1.13 bits per heavy atom. The number of aromatic nitrogens is 2. The number of carbonyl (C=O) groups excluding carboxylic acids is 1. The van der Waals surface area contributed by atoms with Gasteiger partial charge in [0.15, 0.2) is 5.82 Å². The summed E-state index contributed by atoms with van der Waals surface area (Å²) in [6.45, 7) is 9.76. The van der Waals surface area contributed by atoms with Crippen LogP contribution in [0.1, 0.15) is 61.0 Å².